The SMILES string of the molecule is CCCC1(O)CN(C(=O)C(C)Oc2cccc(Cl)c2)C1. The lowest BCUT2D eigenvalue weighted by Crippen LogP contribution is -2.65. The summed E-state index contributed by atoms with van der Waals surface area (Å²) in [5.41, 5.74) is -0.708. The van der Waals surface area contributed by atoms with Crippen LogP contribution in [0, 0.1) is 0 Å². The topological polar surface area (TPSA) is 49.8 Å². The Labute approximate surface area is 124 Å². The fraction of sp³-hybridized carbons (Fsp3) is 0.533. The zero-order chi connectivity index (χ0) is 14.8. The molecule has 1 heterocycles. The van der Waals surface area contributed by atoms with E-state index >= 15 is 0 Å². The Kier molecular flexibility index (Phi) is 4.55. The molecule has 1 aromatic carbocycles. The highest BCUT2D eigenvalue weighted by Crippen LogP contribution is 2.27. The van der Waals surface area contributed by atoms with Gasteiger partial charge in [0.05, 0.1) is 18.7 Å². The van der Waals surface area contributed by atoms with Crippen LogP contribution in [0.1, 0.15) is 26.7 Å². The van der Waals surface area contributed by atoms with Gasteiger partial charge in [-0.3, -0.25) is 4.79 Å². The van der Waals surface area contributed by atoms with Gasteiger partial charge in [-0.1, -0.05) is 31.0 Å². The van der Waals surface area contributed by atoms with Crippen LogP contribution < -0.4 is 4.74 Å². The van der Waals surface area contributed by atoms with E-state index in [9.17, 15) is 9.90 Å². The number of rotatable bonds is 5. The molecule has 1 atom stereocenters. The zero-order valence-electron chi connectivity index (χ0n) is 11.8. The molecule has 1 N–H and O–H groups in total. The molecular formula is C15H20ClNO3. The first-order valence-electron chi connectivity index (χ1n) is 6.87. The number of hydrogen-bond donors (Lipinski definition) is 1. The number of benzene rings is 1. The average Bonchev–Trinajstić information content (AvgIpc) is 2.35. The van der Waals surface area contributed by atoms with Crippen molar-refractivity contribution in [3.8, 4) is 5.75 Å². The van der Waals surface area contributed by atoms with E-state index in [0.717, 1.165) is 12.8 Å². The standard InChI is InChI=1S/C15H20ClNO3/c1-3-7-15(19)9-17(10-15)14(18)11(2)20-13-6-4-5-12(16)8-13/h4-6,8,11,19H,3,7,9-10H2,1-2H3. The molecule has 1 aliphatic heterocycles. The molecule has 0 aliphatic carbocycles. The molecule has 1 fully saturated rings. The third-order valence-corrected chi connectivity index (χ3v) is 3.69. The predicted molar refractivity (Wildman–Crippen MR) is 78.0 cm³/mol. The molecule has 0 spiro atoms. The van der Waals surface area contributed by atoms with Crippen LogP contribution in [0.5, 0.6) is 5.75 Å². The highest BCUT2D eigenvalue weighted by atomic mass is 35.5. The summed E-state index contributed by atoms with van der Waals surface area (Å²) in [4.78, 5) is 13.8. The van der Waals surface area contributed by atoms with E-state index in [4.69, 9.17) is 16.3 Å². The van der Waals surface area contributed by atoms with Gasteiger partial charge in [-0.25, -0.2) is 0 Å². The number of β-amino-alcohol motifs (C(OH)–C–C–N with tert-alkyl or cyclic N) is 1. The first-order chi connectivity index (χ1) is 9.43. The fourth-order valence-electron chi connectivity index (χ4n) is 2.50. The number of amides is 1. The number of carbonyl (C=O) groups is 1. The Bertz CT molecular complexity index is 486. The molecule has 2 rings (SSSR count). The van der Waals surface area contributed by atoms with Crippen LogP contribution in [0.15, 0.2) is 24.3 Å². The molecule has 20 heavy (non-hydrogen) atoms. The maximum Gasteiger partial charge on any atom is 0.263 e. The lowest BCUT2D eigenvalue weighted by atomic mass is 9.89. The van der Waals surface area contributed by atoms with Crippen molar-refractivity contribution >= 4 is 17.5 Å². The van der Waals surface area contributed by atoms with Gasteiger partial charge >= 0.3 is 0 Å². The minimum Gasteiger partial charge on any atom is -0.481 e. The van der Waals surface area contributed by atoms with E-state index in [1.807, 2.05) is 6.92 Å². The summed E-state index contributed by atoms with van der Waals surface area (Å²) < 4.78 is 5.58. The van der Waals surface area contributed by atoms with Crippen LogP contribution >= 0.6 is 11.6 Å². The van der Waals surface area contributed by atoms with Crippen molar-refractivity contribution in [3.63, 3.8) is 0 Å². The van der Waals surface area contributed by atoms with E-state index in [-0.39, 0.29) is 5.91 Å². The second kappa shape index (κ2) is 6.02. The van der Waals surface area contributed by atoms with Crippen molar-refractivity contribution in [3.05, 3.63) is 29.3 Å². The lowest BCUT2D eigenvalue weighted by molar-refractivity contribution is -0.162. The van der Waals surface area contributed by atoms with Crippen LogP contribution in [0.4, 0.5) is 0 Å². The first kappa shape index (κ1) is 15.1. The van der Waals surface area contributed by atoms with Gasteiger partial charge in [0.25, 0.3) is 5.91 Å². The van der Waals surface area contributed by atoms with Gasteiger partial charge in [0.15, 0.2) is 6.10 Å². The van der Waals surface area contributed by atoms with Crippen LogP contribution in [-0.2, 0) is 4.79 Å². The number of carbonyl (C=O) groups excluding carboxylic acids is 1. The maximum absolute atomic E-state index is 12.2. The number of halogens is 1. The quantitative estimate of drug-likeness (QED) is 0.908. The molecule has 0 saturated carbocycles. The smallest absolute Gasteiger partial charge is 0.263 e. The third kappa shape index (κ3) is 3.44. The van der Waals surface area contributed by atoms with E-state index < -0.39 is 11.7 Å². The van der Waals surface area contributed by atoms with Crippen molar-refractivity contribution < 1.29 is 14.6 Å². The molecule has 0 bridgehead atoms. The molecule has 1 aliphatic rings. The van der Waals surface area contributed by atoms with Crippen molar-refractivity contribution in [2.75, 3.05) is 13.1 Å². The van der Waals surface area contributed by atoms with Crippen molar-refractivity contribution in [1.82, 2.24) is 4.90 Å². The van der Waals surface area contributed by atoms with Crippen molar-refractivity contribution in [1.29, 1.82) is 0 Å². The molecular weight excluding hydrogens is 278 g/mol. The summed E-state index contributed by atoms with van der Waals surface area (Å²) >= 11 is 5.87. The minimum absolute atomic E-state index is 0.106. The number of nitrogens with zero attached hydrogens (tertiary/aromatic N) is 1. The number of aliphatic hydroxyl groups is 1. The van der Waals surface area contributed by atoms with Crippen LogP contribution in [0.2, 0.25) is 5.02 Å². The molecule has 5 heteroatoms. The molecule has 1 saturated heterocycles. The molecule has 1 unspecified atom stereocenters. The largest absolute Gasteiger partial charge is 0.481 e. The van der Waals surface area contributed by atoms with Crippen LogP contribution in [-0.4, -0.2) is 40.7 Å². The van der Waals surface area contributed by atoms with E-state index in [1.165, 1.54) is 0 Å². The average molecular weight is 298 g/mol. The maximum atomic E-state index is 12.2. The summed E-state index contributed by atoms with van der Waals surface area (Å²) in [5.74, 6) is 0.466. The van der Waals surface area contributed by atoms with Crippen molar-refractivity contribution in [2.45, 2.75) is 38.4 Å². The lowest BCUT2D eigenvalue weighted by Gasteiger charge is -2.47. The van der Waals surface area contributed by atoms with Crippen LogP contribution in [0.25, 0.3) is 0 Å². The molecule has 0 aromatic heterocycles. The summed E-state index contributed by atoms with van der Waals surface area (Å²) in [5, 5.41) is 10.7. The highest BCUT2D eigenvalue weighted by molar-refractivity contribution is 6.30. The van der Waals surface area contributed by atoms with Gasteiger partial charge in [0.2, 0.25) is 0 Å². The minimum atomic E-state index is -0.708. The fourth-order valence-corrected chi connectivity index (χ4v) is 2.68. The molecule has 1 aromatic rings. The summed E-state index contributed by atoms with van der Waals surface area (Å²) in [7, 11) is 0. The molecule has 4 nitrogen and oxygen atoms in total. The number of likely N-dealkylation sites (tertiary alicyclic amines) is 1. The monoisotopic (exact) mass is 297 g/mol. The summed E-state index contributed by atoms with van der Waals surface area (Å²) in [6.45, 7) is 4.51. The second-order valence-corrected chi connectivity index (χ2v) is 5.82. The molecule has 110 valence electrons. The Morgan fingerprint density at radius 2 is 2.25 bits per heavy atom. The number of ether oxygens (including phenoxy) is 1. The molecule has 0 radical (unpaired) electrons. The third-order valence-electron chi connectivity index (χ3n) is 3.45. The number of hydrogen-bond acceptors (Lipinski definition) is 3. The predicted octanol–water partition coefficient (Wildman–Crippen LogP) is 2.48. The summed E-state index contributed by atoms with van der Waals surface area (Å²) in [6, 6.07) is 6.97. The van der Waals surface area contributed by atoms with Gasteiger partial charge < -0.3 is 14.7 Å². The highest BCUT2D eigenvalue weighted by Gasteiger charge is 2.44. The summed E-state index contributed by atoms with van der Waals surface area (Å²) in [6.07, 6.45) is 1.05. The van der Waals surface area contributed by atoms with E-state index in [2.05, 4.69) is 0 Å². The Balaban J connectivity index is 1.88. The van der Waals surface area contributed by atoms with Gasteiger partial charge in [-0.15, -0.1) is 0 Å². The van der Waals surface area contributed by atoms with Gasteiger partial charge in [-0.05, 0) is 31.5 Å². The van der Waals surface area contributed by atoms with Gasteiger partial charge in [0.1, 0.15) is 5.75 Å². The first-order valence-corrected chi connectivity index (χ1v) is 7.25. The second-order valence-electron chi connectivity index (χ2n) is 5.39. The Morgan fingerprint density at radius 3 is 2.85 bits per heavy atom. The van der Waals surface area contributed by atoms with Crippen molar-refractivity contribution in [2.24, 2.45) is 0 Å². The van der Waals surface area contributed by atoms with Crippen LogP contribution in [0.3, 0.4) is 0 Å². The van der Waals surface area contributed by atoms with E-state index in [0.29, 0.717) is 23.9 Å². The van der Waals surface area contributed by atoms with E-state index in [1.54, 1.807) is 36.1 Å². The Morgan fingerprint density at radius 1 is 1.55 bits per heavy atom. The van der Waals surface area contributed by atoms with Gasteiger partial charge in [-0.2, -0.15) is 0 Å². The van der Waals surface area contributed by atoms with Gasteiger partial charge in [0, 0.05) is 5.02 Å². The normalized spacial score (nSPS) is 18.3. The zero-order valence-corrected chi connectivity index (χ0v) is 12.6. The Hall–Kier alpha value is -1.26. The molecule has 1 amide bonds.